The van der Waals surface area contributed by atoms with Crippen molar-refractivity contribution in [1.29, 1.82) is 0 Å². The van der Waals surface area contributed by atoms with Crippen molar-refractivity contribution in [2.45, 2.75) is 38.9 Å². The van der Waals surface area contributed by atoms with Gasteiger partial charge in [-0.2, -0.15) is 23.4 Å². The zero-order chi connectivity index (χ0) is 22.9. The van der Waals surface area contributed by atoms with E-state index in [1.165, 1.54) is 17.2 Å². The number of carbonyl (C=O) groups is 1. The average molecular weight is 466 g/mol. The molecule has 1 aliphatic heterocycles. The number of rotatable bonds is 5. The molecule has 0 aliphatic carbocycles. The van der Waals surface area contributed by atoms with E-state index in [2.05, 4.69) is 30.7 Å². The number of nitrogens with one attached hydrogen (secondary N) is 1. The van der Waals surface area contributed by atoms with Gasteiger partial charge in [0.1, 0.15) is 5.69 Å². The minimum absolute atomic E-state index is 0.0672. The molecule has 1 unspecified atom stereocenters. The number of anilines is 1. The minimum atomic E-state index is -4.54. The molecule has 9 nitrogen and oxygen atoms in total. The molecular weight excluding hydrogens is 445 g/mol. The molecule has 1 aliphatic rings. The van der Waals surface area contributed by atoms with E-state index in [1.807, 2.05) is 6.92 Å². The molecule has 3 aromatic heterocycles. The van der Waals surface area contributed by atoms with Gasteiger partial charge in [-0.15, -0.1) is 15.0 Å². The highest BCUT2D eigenvalue weighted by Crippen LogP contribution is 2.33. The van der Waals surface area contributed by atoms with Crippen molar-refractivity contribution in [3.63, 3.8) is 0 Å². The van der Waals surface area contributed by atoms with Crippen LogP contribution < -0.4 is 5.32 Å². The fourth-order valence-electron chi connectivity index (χ4n) is 3.76. The lowest BCUT2D eigenvalue weighted by Crippen LogP contribution is -2.51. The highest BCUT2D eigenvalue weighted by atomic mass is 32.1. The van der Waals surface area contributed by atoms with Gasteiger partial charge in [-0.05, 0) is 37.8 Å². The molecule has 4 heterocycles. The predicted octanol–water partition coefficient (Wildman–Crippen LogP) is 3.19. The van der Waals surface area contributed by atoms with Crippen LogP contribution in [0.15, 0.2) is 24.5 Å². The molecule has 1 saturated heterocycles. The standard InChI is InChI=1S/C19H21F3N8OS/c1-11-4-3-9-29(14(11)10-23-18-28-27-17(32-18)19(20,21)22)16(31)15-13(6-5-12(2)26-15)30-24-7-8-25-30/h5-8,11,14H,3-4,9-10H2,1-2H3,(H,23,28)/t11?,14-/m1/s1. The first-order valence-electron chi connectivity index (χ1n) is 10.0. The SMILES string of the molecule is Cc1ccc(-n2nccn2)c(C(=O)N2CCCC(C)[C@H]2CNc2nnc(C(F)(F)F)s2)n1. The first-order chi connectivity index (χ1) is 15.2. The lowest BCUT2D eigenvalue weighted by atomic mass is 9.90. The molecular formula is C19H21F3N8OS. The van der Waals surface area contributed by atoms with Crippen LogP contribution in [0.3, 0.4) is 0 Å². The van der Waals surface area contributed by atoms with Gasteiger partial charge in [-0.3, -0.25) is 4.79 Å². The zero-order valence-electron chi connectivity index (χ0n) is 17.4. The van der Waals surface area contributed by atoms with E-state index in [9.17, 15) is 18.0 Å². The number of piperidine rings is 1. The van der Waals surface area contributed by atoms with E-state index >= 15 is 0 Å². The van der Waals surface area contributed by atoms with E-state index < -0.39 is 11.2 Å². The van der Waals surface area contributed by atoms with Crippen LogP contribution in [-0.4, -0.2) is 60.1 Å². The Morgan fingerprint density at radius 3 is 2.69 bits per heavy atom. The van der Waals surface area contributed by atoms with E-state index in [-0.39, 0.29) is 35.2 Å². The smallest absolute Gasteiger partial charge is 0.358 e. The van der Waals surface area contributed by atoms with Gasteiger partial charge in [0.2, 0.25) is 10.1 Å². The summed E-state index contributed by atoms with van der Waals surface area (Å²) in [7, 11) is 0. The summed E-state index contributed by atoms with van der Waals surface area (Å²) >= 11 is 0.444. The molecule has 0 spiro atoms. The van der Waals surface area contributed by atoms with Gasteiger partial charge in [0.25, 0.3) is 5.91 Å². The molecule has 1 N–H and O–H groups in total. The molecule has 13 heteroatoms. The van der Waals surface area contributed by atoms with Crippen molar-refractivity contribution in [2.75, 3.05) is 18.4 Å². The summed E-state index contributed by atoms with van der Waals surface area (Å²) in [6, 6.07) is 3.27. The monoisotopic (exact) mass is 466 g/mol. The Hall–Kier alpha value is -3.09. The number of carbonyl (C=O) groups excluding carboxylic acids is 1. The number of likely N-dealkylation sites (tertiary alicyclic amines) is 1. The second-order valence-corrected chi connectivity index (χ2v) is 8.59. The molecule has 1 fully saturated rings. The normalized spacial score (nSPS) is 19.2. The number of hydrogen-bond donors (Lipinski definition) is 1. The molecule has 3 aromatic rings. The molecule has 0 radical (unpaired) electrons. The van der Waals surface area contributed by atoms with Crippen LogP contribution in [0, 0.1) is 12.8 Å². The van der Waals surface area contributed by atoms with Crippen molar-refractivity contribution >= 4 is 22.4 Å². The highest BCUT2D eigenvalue weighted by Gasteiger charge is 2.37. The Labute approximate surface area is 185 Å². The Morgan fingerprint density at radius 1 is 1.25 bits per heavy atom. The minimum Gasteiger partial charge on any atom is -0.358 e. The maximum atomic E-state index is 13.6. The summed E-state index contributed by atoms with van der Waals surface area (Å²) in [5.74, 6) is -0.140. The van der Waals surface area contributed by atoms with Crippen LogP contribution in [0.25, 0.3) is 5.69 Å². The van der Waals surface area contributed by atoms with Gasteiger partial charge >= 0.3 is 6.18 Å². The summed E-state index contributed by atoms with van der Waals surface area (Å²) < 4.78 is 38.4. The first-order valence-corrected chi connectivity index (χ1v) is 10.9. The molecule has 170 valence electrons. The van der Waals surface area contributed by atoms with Crippen LogP contribution in [0.2, 0.25) is 0 Å². The number of nitrogens with zero attached hydrogens (tertiary/aromatic N) is 7. The Bertz CT molecular complexity index is 1080. The largest absolute Gasteiger partial charge is 0.445 e. The third-order valence-electron chi connectivity index (χ3n) is 5.36. The van der Waals surface area contributed by atoms with Crippen molar-refractivity contribution < 1.29 is 18.0 Å². The molecule has 0 saturated carbocycles. The summed E-state index contributed by atoms with van der Waals surface area (Å²) in [5, 5.41) is 17.0. The van der Waals surface area contributed by atoms with Crippen LogP contribution in [0.5, 0.6) is 0 Å². The van der Waals surface area contributed by atoms with Crippen LogP contribution in [0.4, 0.5) is 18.3 Å². The van der Waals surface area contributed by atoms with Crippen molar-refractivity contribution in [2.24, 2.45) is 5.92 Å². The van der Waals surface area contributed by atoms with Gasteiger partial charge in [-0.25, -0.2) is 4.98 Å². The second kappa shape index (κ2) is 8.81. The predicted molar refractivity (Wildman–Crippen MR) is 111 cm³/mol. The summed E-state index contributed by atoms with van der Waals surface area (Å²) in [6.45, 7) is 4.58. The third kappa shape index (κ3) is 4.56. The second-order valence-electron chi connectivity index (χ2n) is 7.62. The van der Waals surface area contributed by atoms with E-state index in [0.29, 0.717) is 29.3 Å². The van der Waals surface area contributed by atoms with Gasteiger partial charge in [0.05, 0.1) is 18.4 Å². The molecule has 0 bridgehead atoms. The lowest BCUT2D eigenvalue weighted by Gasteiger charge is -2.40. The van der Waals surface area contributed by atoms with Crippen LogP contribution in [0.1, 0.15) is 41.0 Å². The lowest BCUT2D eigenvalue weighted by molar-refractivity contribution is -0.138. The number of amides is 1. The van der Waals surface area contributed by atoms with Crippen LogP contribution >= 0.6 is 11.3 Å². The Balaban J connectivity index is 1.57. The average Bonchev–Trinajstić information content (AvgIpc) is 3.44. The van der Waals surface area contributed by atoms with Gasteiger partial charge < -0.3 is 10.2 Å². The summed E-state index contributed by atoms with van der Waals surface area (Å²) in [4.78, 5) is 21.1. The molecule has 4 rings (SSSR count). The number of aromatic nitrogens is 6. The molecule has 1 amide bonds. The fraction of sp³-hybridized carbons (Fsp3) is 0.474. The Morgan fingerprint density at radius 2 is 2.00 bits per heavy atom. The zero-order valence-corrected chi connectivity index (χ0v) is 18.2. The molecule has 32 heavy (non-hydrogen) atoms. The number of aryl methyl sites for hydroxylation is 1. The quantitative estimate of drug-likeness (QED) is 0.616. The summed E-state index contributed by atoms with van der Waals surface area (Å²) in [5.41, 5.74) is 1.38. The van der Waals surface area contributed by atoms with Gasteiger partial charge in [0, 0.05) is 18.8 Å². The number of pyridine rings is 1. The van der Waals surface area contributed by atoms with E-state index in [1.54, 1.807) is 24.0 Å². The van der Waals surface area contributed by atoms with E-state index in [4.69, 9.17) is 0 Å². The van der Waals surface area contributed by atoms with Crippen molar-refractivity contribution in [3.05, 3.63) is 40.9 Å². The molecule has 2 atom stereocenters. The Kier molecular flexibility index (Phi) is 6.09. The van der Waals surface area contributed by atoms with Gasteiger partial charge in [0.15, 0.2) is 5.69 Å². The topological polar surface area (TPSA) is 102 Å². The maximum Gasteiger partial charge on any atom is 0.445 e. The van der Waals surface area contributed by atoms with Crippen molar-refractivity contribution in [1.82, 2.24) is 35.1 Å². The number of hydrogen-bond acceptors (Lipinski definition) is 8. The number of alkyl halides is 3. The molecule has 0 aromatic carbocycles. The fourth-order valence-corrected chi connectivity index (χ4v) is 4.38. The summed E-state index contributed by atoms with van der Waals surface area (Å²) in [6.07, 6.45) is 0.212. The number of halogens is 3. The first kappa shape index (κ1) is 22.1. The van der Waals surface area contributed by atoms with E-state index in [0.717, 1.165) is 12.8 Å². The van der Waals surface area contributed by atoms with Crippen LogP contribution in [-0.2, 0) is 6.18 Å². The third-order valence-corrected chi connectivity index (χ3v) is 6.28. The van der Waals surface area contributed by atoms with Gasteiger partial charge in [-0.1, -0.05) is 18.3 Å². The maximum absolute atomic E-state index is 13.6. The highest BCUT2D eigenvalue weighted by molar-refractivity contribution is 7.15. The van der Waals surface area contributed by atoms with Crippen molar-refractivity contribution in [3.8, 4) is 5.69 Å².